The molecular formula is C19H31NO5. The Labute approximate surface area is 150 Å². The van der Waals surface area contributed by atoms with Crippen molar-refractivity contribution in [3.63, 3.8) is 0 Å². The number of Topliss-reactive ketones (excluding diaryl/α,β-unsaturated/α-hetero) is 2. The molecule has 1 rings (SSSR count). The number of hydrogen-bond donors (Lipinski definition) is 1. The number of hydrogen-bond acceptors (Lipinski definition) is 5. The molecule has 1 aliphatic heterocycles. The van der Waals surface area contributed by atoms with Crippen LogP contribution in [0.1, 0.15) is 72.6 Å². The molecule has 1 aliphatic rings. The molecule has 0 bridgehead atoms. The smallest absolute Gasteiger partial charge is 0.313 e. The van der Waals surface area contributed by atoms with Crippen molar-refractivity contribution >= 4 is 23.4 Å². The Morgan fingerprint density at radius 2 is 1.68 bits per heavy atom. The number of carbonyl (C=O) groups excluding carboxylic acids is 4. The van der Waals surface area contributed by atoms with E-state index < -0.39 is 6.04 Å². The van der Waals surface area contributed by atoms with E-state index in [4.69, 9.17) is 4.74 Å². The molecule has 0 aromatic carbocycles. The van der Waals surface area contributed by atoms with Gasteiger partial charge in [-0.1, -0.05) is 26.7 Å². The van der Waals surface area contributed by atoms with Gasteiger partial charge in [0.25, 0.3) is 0 Å². The number of ether oxygens (including phenoxy) is 1. The SMILES string of the molecule is CC(=O)CCCCCCC(=O)N[C@H](C(=O)C[C@@H]1C(=O)O[C@@H]1C)C(C)C. The molecule has 0 spiro atoms. The van der Waals surface area contributed by atoms with Crippen LogP contribution in [0.25, 0.3) is 0 Å². The molecule has 0 aromatic heterocycles. The minimum atomic E-state index is -0.564. The van der Waals surface area contributed by atoms with Crippen molar-refractivity contribution in [3.8, 4) is 0 Å². The van der Waals surface area contributed by atoms with E-state index in [1.54, 1.807) is 13.8 Å². The van der Waals surface area contributed by atoms with Crippen LogP contribution in [-0.4, -0.2) is 35.6 Å². The molecule has 1 N–H and O–H groups in total. The van der Waals surface area contributed by atoms with Crippen molar-refractivity contribution in [1.29, 1.82) is 0 Å². The van der Waals surface area contributed by atoms with Crippen molar-refractivity contribution < 1.29 is 23.9 Å². The van der Waals surface area contributed by atoms with Gasteiger partial charge in [0.15, 0.2) is 5.78 Å². The number of rotatable bonds is 12. The Hall–Kier alpha value is -1.72. The quantitative estimate of drug-likeness (QED) is 0.430. The number of esters is 1. The molecule has 142 valence electrons. The highest BCUT2D eigenvalue weighted by Gasteiger charge is 2.41. The lowest BCUT2D eigenvalue weighted by atomic mass is 9.87. The van der Waals surface area contributed by atoms with E-state index in [2.05, 4.69) is 5.32 Å². The van der Waals surface area contributed by atoms with Gasteiger partial charge in [0.05, 0.1) is 6.04 Å². The monoisotopic (exact) mass is 353 g/mol. The Bertz CT molecular complexity index is 500. The Morgan fingerprint density at radius 1 is 1.08 bits per heavy atom. The molecule has 1 saturated heterocycles. The highest BCUT2D eigenvalue weighted by Crippen LogP contribution is 2.26. The van der Waals surface area contributed by atoms with Crippen LogP contribution < -0.4 is 5.32 Å². The zero-order valence-corrected chi connectivity index (χ0v) is 15.8. The Balaban J connectivity index is 2.33. The fourth-order valence-electron chi connectivity index (χ4n) is 2.94. The second-order valence-electron chi connectivity index (χ2n) is 7.32. The molecule has 1 heterocycles. The third-order valence-corrected chi connectivity index (χ3v) is 4.61. The molecule has 6 nitrogen and oxygen atoms in total. The van der Waals surface area contributed by atoms with Gasteiger partial charge in [0.2, 0.25) is 5.91 Å². The number of carbonyl (C=O) groups is 4. The predicted molar refractivity (Wildman–Crippen MR) is 93.8 cm³/mol. The van der Waals surface area contributed by atoms with E-state index in [1.165, 1.54) is 0 Å². The standard InChI is InChI=1S/C19H31NO5/c1-12(2)18(16(22)11-15-14(4)25-19(15)24)20-17(23)10-8-6-5-7-9-13(3)21/h12,14-15,18H,5-11H2,1-4H3,(H,20,23)/t14-,15+,18+/m1/s1. The molecule has 0 saturated carbocycles. The first-order valence-corrected chi connectivity index (χ1v) is 9.24. The van der Waals surface area contributed by atoms with Crippen molar-refractivity contribution in [1.82, 2.24) is 5.32 Å². The maximum atomic E-state index is 12.4. The van der Waals surface area contributed by atoms with Gasteiger partial charge in [-0.05, 0) is 32.6 Å². The van der Waals surface area contributed by atoms with Crippen LogP contribution in [0.15, 0.2) is 0 Å². The Morgan fingerprint density at radius 3 is 2.16 bits per heavy atom. The maximum absolute atomic E-state index is 12.4. The summed E-state index contributed by atoms with van der Waals surface area (Å²) < 4.78 is 4.87. The summed E-state index contributed by atoms with van der Waals surface area (Å²) in [5, 5.41) is 2.81. The zero-order chi connectivity index (χ0) is 19.0. The van der Waals surface area contributed by atoms with Gasteiger partial charge in [0.1, 0.15) is 17.8 Å². The number of ketones is 2. The minimum Gasteiger partial charge on any atom is -0.461 e. The third-order valence-electron chi connectivity index (χ3n) is 4.61. The van der Waals surface area contributed by atoms with Crippen molar-refractivity contribution in [3.05, 3.63) is 0 Å². The first kappa shape index (κ1) is 21.3. The lowest BCUT2D eigenvalue weighted by Crippen LogP contribution is -2.49. The largest absolute Gasteiger partial charge is 0.461 e. The van der Waals surface area contributed by atoms with Gasteiger partial charge in [-0.25, -0.2) is 0 Å². The van der Waals surface area contributed by atoms with Crippen LogP contribution in [0.2, 0.25) is 0 Å². The van der Waals surface area contributed by atoms with Crippen LogP contribution in [0.4, 0.5) is 0 Å². The lowest BCUT2D eigenvalue weighted by Gasteiger charge is -2.33. The van der Waals surface area contributed by atoms with E-state index in [1.807, 2.05) is 13.8 Å². The van der Waals surface area contributed by atoms with Crippen molar-refractivity contribution in [2.75, 3.05) is 0 Å². The van der Waals surface area contributed by atoms with E-state index in [0.717, 1.165) is 25.7 Å². The number of amides is 1. The van der Waals surface area contributed by atoms with Crippen LogP contribution in [0.3, 0.4) is 0 Å². The molecular weight excluding hydrogens is 322 g/mol. The summed E-state index contributed by atoms with van der Waals surface area (Å²) in [5.41, 5.74) is 0. The first-order valence-electron chi connectivity index (χ1n) is 9.24. The topological polar surface area (TPSA) is 89.5 Å². The molecule has 1 fully saturated rings. The van der Waals surface area contributed by atoms with Crippen LogP contribution in [0, 0.1) is 11.8 Å². The Kier molecular flexibility index (Phi) is 8.79. The maximum Gasteiger partial charge on any atom is 0.313 e. The number of unbranched alkanes of at least 4 members (excludes halogenated alkanes) is 3. The van der Waals surface area contributed by atoms with Crippen LogP contribution in [-0.2, 0) is 23.9 Å². The fraction of sp³-hybridized carbons (Fsp3) is 0.789. The molecule has 6 heteroatoms. The number of nitrogens with one attached hydrogen (secondary N) is 1. The average Bonchev–Trinajstić information content (AvgIpc) is 2.53. The van der Waals surface area contributed by atoms with Crippen molar-refractivity contribution in [2.24, 2.45) is 11.8 Å². The third kappa shape index (κ3) is 7.36. The second kappa shape index (κ2) is 10.3. The summed E-state index contributed by atoms with van der Waals surface area (Å²) in [5.74, 6) is -0.799. The first-order chi connectivity index (χ1) is 11.7. The van der Waals surface area contributed by atoms with E-state index >= 15 is 0 Å². The molecule has 0 aliphatic carbocycles. The minimum absolute atomic E-state index is 0.0292. The van der Waals surface area contributed by atoms with Gasteiger partial charge >= 0.3 is 5.97 Å². The molecule has 0 unspecified atom stereocenters. The van der Waals surface area contributed by atoms with Gasteiger partial charge in [-0.3, -0.25) is 14.4 Å². The lowest BCUT2D eigenvalue weighted by molar-refractivity contribution is -0.183. The summed E-state index contributed by atoms with van der Waals surface area (Å²) in [7, 11) is 0. The van der Waals surface area contributed by atoms with E-state index in [-0.39, 0.29) is 47.8 Å². The highest BCUT2D eigenvalue weighted by molar-refractivity contribution is 5.93. The fourth-order valence-corrected chi connectivity index (χ4v) is 2.94. The summed E-state index contributed by atoms with van der Waals surface area (Å²) in [6.07, 6.45) is 4.29. The zero-order valence-electron chi connectivity index (χ0n) is 15.8. The van der Waals surface area contributed by atoms with Crippen molar-refractivity contribution in [2.45, 2.75) is 84.8 Å². The summed E-state index contributed by atoms with van der Waals surface area (Å²) in [4.78, 5) is 46.8. The molecule has 0 radical (unpaired) electrons. The summed E-state index contributed by atoms with van der Waals surface area (Å²) in [6.45, 7) is 7.12. The van der Waals surface area contributed by atoms with Crippen LogP contribution in [0.5, 0.6) is 0 Å². The molecule has 0 aromatic rings. The van der Waals surface area contributed by atoms with E-state index in [9.17, 15) is 19.2 Å². The normalized spacial score (nSPS) is 20.6. The predicted octanol–water partition coefficient (Wildman–Crippen LogP) is 2.58. The van der Waals surface area contributed by atoms with Gasteiger partial charge in [-0.2, -0.15) is 0 Å². The summed E-state index contributed by atoms with van der Waals surface area (Å²) in [6, 6.07) is -0.564. The van der Waals surface area contributed by atoms with Gasteiger partial charge < -0.3 is 14.8 Å². The van der Waals surface area contributed by atoms with E-state index in [0.29, 0.717) is 12.8 Å². The number of cyclic esters (lactones) is 1. The van der Waals surface area contributed by atoms with Gasteiger partial charge in [-0.15, -0.1) is 0 Å². The average molecular weight is 353 g/mol. The van der Waals surface area contributed by atoms with Gasteiger partial charge in [0, 0.05) is 19.3 Å². The second-order valence-corrected chi connectivity index (χ2v) is 7.32. The summed E-state index contributed by atoms with van der Waals surface area (Å²) >= 11 is 0. The molecule has 3 atom stereocenters. The van der Waals surface area contributed by atoms with Crippen LogP contribution >= 0.6 is 0 Å². The molecule has 25 heavy (non-hydrogen) atoms. The molecule has 1 amide bonds. The highest BCUT2D eigenvalue weighted by atomic mass is 16.6.